The van der Waals surface area contributed by atoms with Crippen molar-refractivity contribution in [2.45, 2.75) is 30.2 Å². The normalized spacial score (nSPS) is 12.0. The molecule has 33 heavy (non-hydrogen) atoms. The van der Waals surface area contributed by atoms with E-state index in [9.17, 15) is 23.1 Å². The molecule has 7 nitrogen and oxygen atoms in total. The first kappa shape index (κ1) is 24.0. The van der Waals surface area contributed by atoms with Crippen LogP contribution in [0.25, 0.3) is 0 Å². The molecule has 0 bridgehead atoms. The molecule has 1 atom stereocenters. The number of carboxylic acid groups (broad SMARTS) is 1. The van der Waals surface area contributed by atoms with Crippen molar-refractivity contribution in [3.63, 3.8) is 0 Å². The van der Waals surface area contributed by atoms with Crippen LogP contribution in [0.4, 0.5) is 0 Å². The SMILES string of the molecule is CS(=O)(=O)c1cc(Oc2ccccc2)ccc1CCC(=O)NC(Cc1ccccc1)C(=O)O. The number of nitrogens with one attached hydrogen (secondary N) is 1. The number of amides is 1. The number of aryl methyl sites for hydroxylation is 1. The van der Waals surface area contributed by atoms with Gasteiger partial charge in [0, 0.05) is 19.1 Å². The van der Waals surface area contributed by atoms with Crippen LogP contribution in [0.2, 0.25) is 0 Å². The first-order valence-corrected chi connectivity index (χ1v) is 12.2. The van der Waals surface area contributed by atoms with Gasteiger partial charge in [0.15, 0.2) is 9.84 Å². The fraction of sp³-hybridized carbons (Fsp3) is 0.200. The van der Waals surface area contributed by atoms with E-state index in [1.807, 2.05) is 24.3 Å². The van der Waals surface area contributed by atoms with Crippen LogP contribution in [-0.4, -0.2) is 37.7 Å². The first-order valence-electron chi connectivity index (χ1n) is 10.3. The summed E-state index contributed by atoms with van der Waals surface area (Å²) in [6.07, 6.45) is 1.33. The van der Waals surface area contributed by atoms with Crippen molar-refractivity contribution >= 4 is 21.7 Å². The Labute approximate surface area is 193 Å². The molecule has 3 aromatic rings. The zero-order chi connectivity index (χ0) is 23.8. The molecule has 1 unspecified atom stereocenters. The van der Waals surface area contributed by atoms with E-state index in [-0.39, 0.29) is 24.2 Å². The van der Waals surface area contributed by atoms with E-state index in [1.165, 1.54) is 6.07 Å². The fourth-order valence-electron chi connectivity index (χ4n) is 3.34. The van der Waals surface area contributed by atoms with E-state index < -0.39 is 27.8 Å². The number of carbonyl (C=O) groups is 2. The zero-order valence-electron chi connectivity index (χ0n) is 18.1. The number of rotatable bonds is 10. The summed E-state index contributed by atoms with van der Waals surface area (Å²) >= 11 is 0. The summed E-state index contributed by atoms with van der Waals surface area (Å²) in [5.74, 6) is -0.667. The predicted octanol–water partition coefficient (Wildman–Crippen LogP) is 3.63. The van der Waals surface area contributed by atoms with Crippen molar-refractivity contribution in [1.82, 2.24) is 5.32 Å². The minimum atomic E-state index is -3.58. The number of hydrogen-bond acceptors (Lipinski definition) is 5. The molecule has 0 aliphatic heterocycles. The number of carboxylic acids is 1. The van der Waals surface area contributed by atoms with E-state index in [1.54, 1.807) is 48.5 Å². The smallest absolute Gasteiger partial charge is 0.326 e. The summed E-state index contributed by atoms with van der Waals surface area (Å²) < 4.78 is 30.4. The highest BCUT2D eigenvalue weighted by atomic mass is 32.2. The lowest BCUT2D eigenvalue weighted by Gasteiger charge is -2.15. The quantitative estimate of drug-likeness (QED) is 0.471. The average molecular weight is 468 g/mol. The molecule has 1 amide bonds. The van der Waals surface area contributed by atoms with Crippen LogP contribution in [0, 0.1) is 0 Å². The van der Waals surface area contributed by atoms with Gasteiger partial charge in [-0.1, -0.05) is 54.6 Å². The Morgan fingerprint density at radius 3 is 2.18 bits per heavy atom. The van der Waals surface area contributed by atoms with Crippen LogP contribution in [0.3, 0.4) is 0 Å². The number of aliphatic carboxylic acids is 1. The van der Waals surface area contributed by atoms with Gasteiger partial charge in [-0.15, -0.1) is 0 Å². The minimum Gasteiger partial charge on any atom is -0.480 e. The van der Waals surface area contributed by atoms with Gasteiger partial charge in [-0.3, -0.25) is 4.79 Å². The number of benzene rings is 3. The van der Waals surface area contributed by atoms with Gasteiger partial charge in [0.05, 0.1) is 4.90 Å². The molecular formula is C25H25NO6S. The molecule has 2 N–H and O–H groups in total. The largest absolute Gasteiger partial charge is 0.480 e. The van der Waals surface area contributed by atoms with Crippen LogP contribution in [0.15, 0.2) is 83.8 Å². The Bertz CT molecular complexity index is 1210. The van der Waals surface area contributed by atoms with E-state index in [0.29, 0.717) is 17.1 Å². The van der Waals surface area contributed by atoms with E-state index in [2.05, 4.69) is 5.32 Å². The average Bonchev–Trinajstić information content (AvgIpc) is 2.78. The van der Waals surface area contributed by atoms with Gasteiger partial charge in [0.25, 0.3) is 0 Å². The van der Waals surface area contributed by atoms with Gasteiger partial charge in [-0.05, 0) is 41.8 Å². The van der Waals surface area contributed by atoms with Gasteiger partial charge in [-0.25, -0.2) is 13.2 Å². The second-order valence-electron chi connectivity index (χ2n) is 7.60. The molecule has 0 saturated carbocycles. The van der Waals surface area contributed by atoms with E-state index in [4.69, 9.17) is 4.74 Å². The molecule has 0 aliphatic carbocycles. The van der Waals surface area contributed by atoms with Crippen LogP contribution >= 0.6 is 0 Å². The molecule has 0 heterocycles. The third-order valence-corrected chi connectivity index (χ3v) is 6.13. The summed E-state index contributed by atoms with van der Waals surface area (Å²) in [4.78, 5) is 24.1. The van der Waals surface area contributed by atoms with Gasteiger partial charge in [-0.2, -0.15) is 0 Å². The predicted molar refractivity (Wildman–Crippen MR) is 124 cm³/mol. The zero-order valence-corrected chi connectivity index (χ0v) is 18.9. The number of hydrogen-bond donors (Lipinski definition) is 2. The lowest BCUT2D eigenvalue weighted by Crippen LogP contribution is -2.42. The summed E-state index contributed by atoms with van der Waals surface area (Å²) in [6.45, 7) is 0. The Kier molecular flexibility index (Phi) is 7.84. The van der Waals surface area contributed by atoms with Crippen molar-refractivity contribution in [3.05, 3.63) is 90.0 Å². The summed E-state index contributed by atoms with van der Waals surface area (Å²) in [6, 6.07) is 21.6. The summed E-state index contributed by atoms with van der Waals surface area (Å²) in [7, 11) is -3.58. The highest BCUT2D eigenvalue weighted by Gasteiger charge is 2.21. The Morgan fingerprint density at radius 2 is 1.58 bits per heavy atom. The number of ether oxygens (including phenoxy) is 1. The highest BCUT2D eigenvalue weighted by Crippen LogP contribution is 2.27. The Hall–Kier alpha value is -3.65. The lowest BCUT2D eigenvalue weighted by molar-refractivity contribution is -0.141. The lowest BCUT2D eigenvalue weighted by atomic mass is 10.1. The number of sulfone groups is 1. The van der Waals surface area contributed by atoms with Gasteiger partial charge < -0.3 is 15.2 Å². The topological polar surface area (TPSA) is 110 Å². The highest BCUT2D eigenvalue weighted by molar-refractivity contribution is 7.90. The van der Waals surface area contributed by atoms with E-state index >= 15 is 0 Å². The van der Waals surface area contributed by atoms with E-state index in [0.717, 1.165) is 11.8 Å². The van der Waals surface area contributed by atoms with Crippen molar-refractivity contribution < 1.29 is 27.9 Å². The molecule has 172 valence electrons. The molecule has 0 radical (unpaired) electrons. The number of para-hydroxylation sites is 1. The Morgan fingerprint density at radius 1 is 0.939 bits per heavy atom. The molecule has 0 spiro atoms. The van der Waals surface area contributed by atoms with Crippen molar-refractivity contribution in [1.29, 1.82) is 0 Å². The molecule has 0 fully saturated rings. The molecule has 3 rings (SSSR count). The fourth-order valence-corrected chi connectivity index (χ4v) is 4.32. The van der Waals surface area contributed by atoms with Crippen molar-refractivity contribution in [2.75, 3.05) is 6.26 Å². The molecular weight excluding hydrogens is 442 g/mol. The summed E-state index contributed by atoms with van der Waals surface area (Å²) in [5, 5.41) is 12.0. The first-order chi connectivity index (χ1) is 15.7. The number of carbonyl (C=O) groups excluding carboxylic acids is 1. The second-order valence-corrected chi connectivity index (χ2v) is 9.59. The van der Waals surface area contributed by atoms with Gasteiger partial charge >= 0.3 is 5.97 Å². The molecule has 0 saturated heterocycles. The van der Waals surface area contributed by atoms with Crippen LogP contribution < -0.4 is 10.1 Å². The van der Waals surface area contributed by atoms with Crippen LogP contribution in [0.1, 0.15) is 17.5 Å². The maximum absolute atomic E-state index is 12.4. The van der Waals surface area contributed by atoms with Gasteiger partial charge in [0.2, 0.25) is 5.91 Å². The third kappa shape index (κ3) is 7.18. The minimum absolute atomic E-state index is 0.0556. The second kappa shape index (κ2) is 10.8. The maximum atomic E-state index is 12.4. The standard InChI is InChI=1S/C25H25NO6S/c1-33(30,31)23-17-21(32-20-10-6-3-7-11-20)14-12-19(23)13-15-24(27)26-22(25(28)29)16-18-8-4-2-5-9-18/h2-12,14,17,22H,13,15-16H2,1H3,(H,26,27)(H,28,29). The Balaban J connectivity index is 1.69. The maximum Gasteiger partial charge on any atom is 0.326 e. The molecule has 3 aromatic carbocycles. The molecule has 8 heteroatoms. The van der Waals surface area contributed by atoms with Crippen molar-refractivity contribution in [2.24, 2.45) is 0 Å². The van der Waals surface area contributed by atoms with Crippen LogP contribution in [0.5, 0.6) is 11.5 Å². The van der Waals surface area contributed by atoms with Crippen molar-refractivity contribution in [3.8, 4) is 11.5 Å². The summed E-state index contributed by atoms with van der Waals surface area (Å²) in [5.41, 5.74) is 1.25. The molecule has 0 aliphatic rings. The molecule has 0 aromatic heterocycles. The monoisotopic (exact) mass is 467 g/mol. The third-order valence-electron chi connectivity index (χ3n) is 4.95. The van der Waals surface area contributed by atoms with Crippen LogP contribution in [-0.2, 0) is 32.3 Å². The van der Waals surface area contributed by atoms with Gasteiger partial charge in [0.1, 0.15) is 17.5 Å².